The van der Waals surface area contributed by atoms with E-state index >= 15 is 0 Å². The van der Waals surface area contributed by atoms with Gasteiger partial charge in [-0.1, -0.05) is 17.9 Å². The topological polar surface area (TPSA) is 52.6 Å². The number of hydrogen-bond acceptors (Lipinski definition) is 4. The molecule has 0 N–H and O–H groups in total. The Kier molecular flexibility index (Phi) is 6.80. The highest BCUT2D eigenvalue weighted by atomic mass is 19.4. The third-order valence-electron chi connectivity index (χ3n) is 3.48. The lowest BCUT2D eigenvalue weighted by molar-refractivity contribution is -0.168. The normalized spacial score (nSPS) is 11.1. The van der Waals surface area contributed by atoms with E-state index in [1.54, 1.807) is 0 Å². The van der Waals surface area contributed by atoms with Crippen molar-refractivity contribution in [1.29, 1.82) is 0 Å². The number of benzene rings is 1. The predicted molar refractivity (Wildman–Crippen MR) is 84.2 cm³/mol. The molecule has 1 aromatic carbocycles. The van der Waals surface area contributed by atoms with Gasteiger partial charge in [0.15, 0.2) is 5.41 Å². The molecule has 7 heteroatoms. The van der Waals surface area contributed by atoms with Crippen LogP contribution in [0.2, 0.25) is 0 Å². The van der Waals surface area contributed by atoms with E-state index in [0.29, 0.717) is 5.56 Å². The summed E-state index contributed by atoms with van der Waals surface area (Å²) in [5, 5.41) is 0. The van der Waals surface area contributed by atoms with Crippen molar-refractivity contribution in [3.05, 3.63) is 48.0 Å². The van der Waals surface area contributed by atoms with Gasteiger partial charge in [-0.2, -0.15) is 13.2 Å². The maximum absolute atomic E-state index is 12.5. The molecule has 25 heavy (non-hydrogen) atoms. The molecule has 0 atom stereocenters. The molecule has 4 nitrogen and oxygen atoms in total. The van der Waals surface area contributed by atoms with Gasteiger partial charge in [0.25, 0.3) is 0 Å². The monoisotopic (exact) mass is 354 g/mol. The van der Waals surface area contributed by atoms with Crippen LogP contribution in [-0.4, -0.2) is 26.2 Å². The largest absolute Gasteiger partial charge is 0.468 e. The smallest absolute Gasteiger partial charge is 0.416 e. The Morgan fingerprint density at radius 1 is 1.12 bits per heavy atom. The van der Waals surface area contributed by atoms with Crippen LogP contribution in [0.3, 0.4) is 0 Å². The molecule has 134 valence electrons. The molecule has 0 heterocycles. The number of halogens is 3. The van der Waals surface area contributed by atoms with Gasteiger partial charge in [0, 0.05) is 12.0 Å². The van der Waals surface area contributed by atoms with E-state index in [-0.39, 0.29) is 12.8 Å². The number of hydrogen-bond donors (Lipinski definition) is 0. The van der Waals surface area contributed by atoms with E-state index in [2.05, 4.69) is 27.9 Å². The van der Waals surface area contributed by atoms with Gasteiger partial charge >= 0.3 is 18.1 Å². The molecule has 1 rings (SSSR count). The summed E-state index contributed by atoms with van der Waals surface area (Å²) in [6.45, 7) is 3.51. The van der Waals surface area contributed by atoms with E-state index in [0.717, 1.165) is 26.4 Å². The first kappa shape index (κ1) is 20.3. The summed E-state index contributed by atoms with van der Waals surface area (Å²) in [5.41, 5.74) is -2.14. The summed E-state index contributed by atoms with van der Waals surface area (Å²) in [6.07, 6.45) is -3.33. The van der Waals surface area contributed by atoms with Crippen molar-refractivity contribution < 1.29 is 32.2 Å². The molecule has 0 saturated carbocycles. The zero-order valence-corrected chi connectivity index (χ0v) is 13.8. The number of carbonyl (C=O) groups is 2. The minimum Gasteiger partial charge on any atom is -0.468 e. The summed E-state index contributed by atoms with van der Waals surface area (Å²) in [4.78, 5) is 24.1. The van der Waals surface area contributed by atoms with Crippen molar-refractivity contribution >= 4 is 11.9 Å². The van der Waals surface area contributed by atoms with Crippen molar-refractivity contribution in [2.45, 2.75) is 19.0 Å². The number of alkyl halides is 3. The highest BCUT2D eigenvalue weighted by molar-refractivity contribution is 6.00. The maximum Gasteiger partial charge on any atom is 0.416 e. The van der Waals surface area contributed by atoms with Crippen LogP contribution < -0.4 is 0 Å². The average molecular weight is 354 g/mol. The van der Waals surface area contributed by atoms with Crippen molar-refractivity contribution in [3.63, 3.8) is 0 Å². The fraction of sp³-hybridized carbons (Fsp3) is 0.333. The number of esters is 2. The molecular formula is C18H17F3O4. The molecule has 0 saturated heterocycles. The van der Waals surface area contributed by atoms with Crippen LogP contribution in [0.1, 0.15) is 24.0 Å². The minimum absolute atomic E-state index is 0.0476. The second-order valence-electron chi connectivity index (χ2n) is 5.11. The Balaban J connectivity index is 3.08. The SMILES string of the molecule is C=CCC(CC#Cc1ccc(C(F)(F)F)cc1)(C(=O)OC)C(=O)OC. The highest BCUT2D eigenvalue weighted by Gasteiger charge is 2.46. The van der Waals surface area contributed by atoms with Crippen molar-refractivity contribution in [2.75, 3.05) is 14.2 Å². The molecule has 0 aromatic heterocycles. The quantitative estimate of drug-likeness (QED) is 0.352. The predicted octanol–water partition coefficient (Wildman–Crippen LogP) is 3.36. The third-order valence-corrected chi connectivity index (χ3v) is 3.48. The molecule has 0 aliphatic rings. The lowest BCUT2D eigenvalue weighted by Gasteiger charge is -2.24. The molecule has 0 aliphatic carbocycles. The Morgan fingerprint density at radius 3 is 2.04 bits per heavy atom. The van der Waals surface area contributed by atoms with Crippen molar-refractivity contribution in [1.82, 2.24) is 0 Å². The third kappa shape index (κ3) is 4.86. The fourth-order valence-corrected chi connectivity index (χ4v) is 2.14. The van der Waals surface area contributed by atoms with Crippen LogP contribution in [-0.2, 0) is 25.2 Å². The standard InChI is InChI=1S/C18H17F3O4/c1-4-11-17(15(22)24-2,16(23)25-3)12-5-6-13-7-9-14(10-8-13)18(19,20)21/h4,7-10H,1,11-12H2,2-3H3. The number of rotatable bonds is 5. The molecule has 0 fully saturated rings. The average Bonchev–Trinajstić information content (AvgIpc) is 2.59. The summed E-state index contributed by atoms with van der Waals surface area (Å²) in [7, 11) is 2.26. The Morgan fingerprint density at radius 2 is 1.64 bits per heavy atom. The van der Waals surface area contributed by atoms with E-state index in [9.17, 15) is 22.8 Å². The summed E-state index contributed by atoms with van der Waals surface area (Å²) < 4.78 is 46.9. The number of carbonyl (C=O) groups excluding carboxylic acids is 2. The van der Waals surface area contributed by atoms with E-state index in [4.69, 9.17) is 0 Å². The van der Waals surface area contributed by atoms with Crippen LogP contribution in [0.4, 0.5) is 13.2 Å². The van der Waals surface area contributed by atoms with Gasteiger partial charge in [-0.25, -0.2) is 0 Å². The van der Waals surface area contributed by atoms with Gasteiger partial charge in [0.05, 0.1) is 19.8 Å². The molecule has 0 unspecified atom stereocenters. The molecule has 1 aromatic rings. The summed E-state index contributed by atoms with van der Waals surface area (Å²) >= 11 is 0. The molecular weight excluding hydrogens is 337 g/mol. The lowest BCUT2D eigenvalue weighted by atomic mass is 9.81. The van der Waals surface area contributed by atoms with E-state index in [1.165, 1.54) is 18.2 Å². The number of ether oxygens (including phenoxy) is 2. The number of methoxy groups -OCH3 is 2. The highest BCUT2D eigenvalue weighted by Crippen LogP contribution is 2.31. The summed E-state index contributed by atoms with van der Waals surface area (Å²) in [6, 6.07) is 4.23. The van der Waals surface area contributed by atoms with Gasteiger partial charge in [0.2, 0.25) is 0 Å². The zero-order chi connectivity index (χ0) is 19.1. The van der Waals surface area contributed by atoms with Crippen molar-refractivity contribution in [3.8, 4) is 11.8 Å². The van der Waals surface area contributed by atoms with Gasteiger partial charge < -0.3 is 9.47 Å². The van der Waals surface area contributed by atoms with Crippen molar-refractivity contribution in [2.24, 2.45) is 5.41 Å². The number of allylic oxidation sites excluding steroid dienone is 1. The Bertz CT molecular complexity index is 678. The molecule has 0 bridgehead atoms. The molecule has 0 radical (unpaired) electrons. The Hall–Kier alpha value is -2.75. The fourth-order valence-electron chi connectivity index (χ4n) is 2.14. The van der Waals surface area contributed by atoms with E-state index in [1.807, 2.05) is 0 Å². The first-order valence-corrected chi connectivity index (χ1v) is 7.15. The van der Waals surface area contributed by atoms with Gasteiger partial charge in [-0.05, 0) is 30.7 Å². The first-order valence-electron chi connectivity index (χ1n) is 7.15. The van der Waals surface area contributed by atoms with Gasteiger partial charge in [0.1, 0.15) is 0 Å². The lowest BCUT2D eigenvalue weighted by Crippen LogP contribution is -2.40. The van der Waals surface area contributed by atoms with Crippen LogP contribution in [0.25, 0.3) is 0 Å². The molecule has 0 amide bonds. The second-order valence-corrected chi connectivity index (χ2v) is 5.11. The summed E-state index contributed by atoms with van der Waals surface area (Å²) in [5.74, 6) is 3.63. The van der Waals surface area contributed by atoms with Crippen LogP contribution >= 0.6 is 0 Å². The van der Waals surface area contributed by atoms with Crippen LogP contribution in [0.15, 0.2) is 36.9 Å². The second kappa shape index (κ2) is 8.38. The first-order chi connectivity index (χ1) is 11.7. The van der Waals surface area contributed by atoms with E-state index < -0.39 is 29.1 Å². The molecule has 0 aliphatic heterocycles. The zero-order valence-electron chi connectivity index (χ0n) is 13.8. The minimum atomic E-state index is -4.43. The van der Waals surface area contributed by atoms with Crippen LogP contribution in [0.5, 0.6) is 0 Å². The molecule has 0 spiro atoms. The Labute approximate surface area is 143 Å². The van der Waals surface area contributed by atoms with Gasteiger partial charge in [-0.3, -0.25) is 9.59 Å². The van der Waals surface area contributed by atoms with Crippen LogP contribution in [0, 0.1) is 17.3 Å². The maximum atomic E-state index is 12.5. The van der Waals surface area contributed by atoms with Gasteiger partial charge in [-0.15, -0.1) is 6.58 Å².